The van der Waals surface area contributed by atoms with E-state index in [1.807, 2.05) is 6.92 Å². The summed E-state index contributed by atoms with van der Waals surface area (Å²) in [6.07, 6.45) is 0.501. The summed E-state index contributed by atoms with van der Waals surface area (Å²) in [6.45, 7) is 3.97. The van der Waals surface area contributed by atoms with Crippen LogP contribution in [-0.2, 0) is 35.0 Å². The summed E-state index contributed by atoms with van der Waals surface area (Å²) < 4.78 is 12.4. The molecule has 0 aliphatic rings. The molecule has 0 saturated heterocycles. The molecule has 2 heterocycles. The number of fused-ring (bicyclic) bond motifs is 1. The second-order valence-corrected chi connectivity index (χ2v) is 6.74. The number of esters is 1. The maximum Gasteiger partial charge on any atom is 0.332 e. The zero-order chi connectivity index (χ0) is 19.4. The van der Waals surface area contributed by atoms with Crippen LogP contribution in [0, 0.1) is 0 Å². The first-order valence-corrected chi connectivity index (χ1v) is 9.02. The average molecular weight is 382 g/mol. The lowest BCUT2D eigenvalue weighted by molar-refractivity contribution is -0.142. The molecule has 2 aromatic rings. The van der Waals surface area contributed by atoms with Crippen molar-refractivity contribution in [2.24, 2.45) is 14.1 Å². The van der Waals surface area contributed by atoms with Gasteiger partial charge in [0.2, 0.25) is 0 Å². The highest BCUT2D eigenvalue weighted by atomic mass is 32.2. The summed E-state index contributed by atoms with van der Waals surface area (Å²) in [4.78, 5) is 45.7. The van der Waals surface area contributed by atoms with E-state index in [9.17, 15) is 14.4 Å². The summed E-state index contributed by atoms with van der Waals surface area (Å²) in [5.74, 6) is -0.0498. The first kappa shape index (κ1) is 20.1. The Hall–Kier alpha value is -2.20. The van der Waals surface area contributed by atoms with E-state index < -0.39 is 16.5 Å². The van der Waals surface area contributed by atoms with E-state index in [1.165, 1.54) is 25.8 Å². The van der Waals surface area contributed by atoms with E-state index >= 15 is 0 Å². The molecule has 0 aromatic carbocycles. The van der Waals surface area contributed by atoms with Crippen LogP contribution in [0.1, 0.15) is 26.1 Å². The number of ether oxygens (including phenoxy) is 2. The smallest absolute Gasteiger partial charge is 0.332 e. The maximum atomic E-state index is 12.7. The molecule has 0 saturated carbocycles. The third-order valence-electron chi connectivity index (χ3n) is 3.76. The number of carbonyl (C=O) groups excluding carboxylic acids is 1. The number of aryl methyl sites for hydroxylation is 1. The van der Waals surface area contributed by atoms with Crippen LogP contribution in [-0.4, -0.2) is 44.0 Å². The third-order valence-corrected chi connectivity index (χ3v) is 5.09. The quantitative estimate of drug-likeness (QED) is 0.390. The molecule has 0 fully saturated rings. The van der Waals surface area contributed by atoms with Crippen molar-refractivity contribution in [2.45, 2.75) is 37.2 Å². The molecule has 0 bridgehead atoms. The van der Waals surface area contributed by atoms with Crippen LogP contribution >= 0.6 is 11.8 Å². The highest BCUT2D eigenvalue weighted by molar-refractivity contribution is 8.00. The monoisotopic (exact) mass is 382 g/mol. The van der Waals surface area contributed by atoms with Gasteiger partial charge in [-0.15, -0.1) is 0 Å². The molecule has 0 unspecified atom stereocenters. The summed E-state index contributed by atoms with van der Waals surface area (Å²) >= 11 is 1.13. The molecule has 9 nitrogen and oxygen atoms in total. The van der Waals surface area contributed by atoms with E-state index in [2.05, 4.69) is 9.97 Å². The van der Waals surface area contributed by atoms with E-state index in [0.29, 0.717) is 17.3 Å². The van der Waals surface area contributed by atoms with Crippen molar-refractivity contribution in [1.82, 2.24) is 19.1 Å². The first-order chi connectivity index (χ1) is 12.3. The Bertz CT molecular complexity index is 937. The molecule has 0 N–H and O–H groups in total. The molecule has 26 heavy (non-hydrogen) atoms. The van der Waals surface area contributed by atoms with Gasteiger partial charge in [0.25, 0.3) is 5.56 Å². The number of rotatable bonds is 7. The zero-order valence-corrected chi connectivity index (χ0v) is 16.3. The summed E-state index contributed by atoms with van der Waals surface area (Å²) in [5, 5.41) is 0.00531. The van der Waals surface area contributed by atoms with Gasteiger partial charge in [0, 0.05) is 21.2 Å². The molecule has 1 atom stereocenters. The molecule has 142 valence electrons. The second-order valence-electron chi connectivity index (χ2n) is 5.55. The predicted molar refractivity (Wildman–Crippen MR) is 97.3 cm³/mol. The fourth-order valence-corrected chi connectivity index (χ4v) is 3.47. The first-order valence-electron chi connectivity index (χ1n) is 8.14. The fraction of sp³-hybridized carbons (Fsp3) is 0.562. The van der Waals surface area contributed by atoms with Crippen LogP contribution in [0.3, 0.4) is 0 Å². The van der Waals surface area contributed by atoms with Gasteiger partial charge in [-0.2, -0.15) is 0 Å². The standard InChI is InChI=1S/C16H22N4O5S/c1-6-9(15(22)25-7-2)26-13-11-12(17-10(18-13)8-24-5)19(3)16(23)20(4)14(11)21/h9H,6-8H2,1-5H3/t9-/m0/s1. The van der Waals surface area contributed by atoms with Crippen LogP contribution in [0.4, 0.5) is 0 Å². The Labute approximate surface area is 154 Å². The number of aromatic nitrogens is 4. The zero-order valence-electron chi connectivity index (χ0n) is 15.4. The Morgan fingerprint density at radius 1 is 1.19 bits per heavy atom. The lowest BCUT2D eigenvalue weighted by atomic mass is 10.3. The van der Waals surface area contributed by atoms with Crippen LogP contribution < -0.4 is 11.2 Å². The fourth-order valence-electron chi connectivity index (χ4n) is 2.42. The third kappa shape index (κ3) is 3.80. The molecule has 0 spiro atoms. The van der Waals surface area contributed by atoms with Gasteiger partial charge in [0.1, 0.15) is 22.3 Å². The van der Waals surface area contributed by atoms with E-state index in [-0.39, 0.29) is 30.2 Å². The van der Waals surface area contributed by atoms with Gasteiger partial charge in [-0.1, -0.05) is 18.7 Å². The van der Waals surface area contributed by atoms with Gasteiger partial charge in [0.05, 0.1) is 6.61 Å². The van der Waals surface area contributed by atoms with Crippen molar-refractivity contribution >= 4 is 28.8 Å². The van der Waals surface area contributed by atoms with Gasteiger partial charge in [-0.25, -0.2) is 14.8 Å². The van der Waals surface area contributed by atoms with E-state index in [4.69, 9.17) is 9.47 Å². The van der Waals surface area contributed by atoms with Crippen molar-refractivity contribution in [3.8, 4) is 0 Å². The van der Waals surface area contributed by atoms with E-state index in [1.54, 1.807) is 6.92 Å². The number of hydrogen-bond acceptors (Lipinski definition) is 8. The highest BCUT2D eigenvalue weighted by Crippen LogP contribution is 2.29. The topological polar surface area (TPSA) is 105 Å². The lowest BCUT2D eigenvalue weighted by Crippen LogP contribution is -2.38. The number of hydrogen-bond donors (Lipinski definition) is 0. The number of methoxy groups -OCH3 is 1. The summed E-state index contributed by atoms with van der Waals surface area (Å²) in [5.41, 5.74) is -0.785. The van der Waals surface area contributed by atoms with Crippen molar-refractivity contribution in [1.29, 1.82) is 0 Å². The minimum absolute atomic E-state index is 0.114. The molecule has 10 heteroatoms. The second kappa shape index (κ2) is 8.45. The normalized spacial score (nSPS) is 12.3. The maximum absolute atomic E-state index is 12.7. The van der Waals surface area contributed by atoms with Crippen molar-refractivity contribution in [3.05, 3.63) is 26.7 Å². The summed E-state index contributed by atoms with van der Waals surface area (Å²) in [6, 6.07) is 0. The van der Waals surface area contributed by atoms with Gasteiger partial charge in [-0.05, 0) is 13.3 Å². The number of carbonyl (C=O) groups is 1. The highest BCUT2D eigenvalue weighted by Gasteiger charge is 2.24. The van der Waals surface area contributed by atoms with Gasteiger partial charge in [0.15, 0.2) is 11.5 Å². The minimum Gasteiger partial charge on any atom is -0.465 e. The van der Waals surface area contributed by atoms with Crippen molar-refractivity contribution in [2.75, 3.05) is 13.7 Å². The Morgan fingerprint density at radius 2 is 1.88 bits per heavy atom. The van der Waals surface area contributed by atoms with Gasteiger partial charge >= 0.3 is 11.7 Å². The SMILES string of the molecule is CCOC(=O)[C@H](CC)Sc1nc(COC)nc2c1c(=O)n(C)c(=O)n2C. The number of nitrogens with zero attached hydrogens (tertiary/aromatic N) is 4. The number of thioether (sulfide) groups is 1. The summed E-state index contributed by atoms with van der Waals surface area (Å²) in [7, 11) is 4.42. The molecule has 0 aliphatic carbocycles. The molecule has 0 amide bonds. The van der Waals surface area contributed by atoms with Crippen LogP contribution in [0.15, 0.2) is 14.6 Å². The minimum atomic E-state index is -0.523. The predicted octanol–water partition coefficient (Wildman–Crippen LogP) is 0.607. The average Bonchev–Trinajstić information content (AvgIpc) is 2.62. The molecule has 0 aliphatic heterocycles. The Kier molecular flexibility index (Phi) is 6.54. The lowest BCUT2D eigenvalue weighted by Gasteiger charge is -2.15. The molecule has 0 radical (unpaired) electrons. The van der Waals surface area contributed by atoms with Gasteiger partial charge in [-0.3, -0.25) is 18.7 Å². The largest absolute Gasteiger partial charge is 0.465 e. The van der Waals surface area contributed by atoms with E-state index in [0.717, 1.165) is 16.3 Å². The molecular weight excluding hydrogens is 360 g/mol. The van der Waals surface area contributed by atoms with Crippen molar-refractivity contribution in [3.63, 3.8) is 0 Å². The Morgan fingerprint density at radius 3 is 2.46 bits per heavy atom. The molecule has 2 aromatic heterocycles. The van der Waals surface area contributed by atoms with Crippen molar-refractivity contribution < 1.29 is 14.3 Å². The van der Waals surface area contributed by atoms with Gasteiger partial charge < -0.3 is 9.47 Å². The molecule has 2 rings (SSSR count). The molecular formula is C16H22N4O5S. The van der Waals surface area contributed by atoms with Crippen LogP contribution in [0.5, 0.6) is 0 Å². The van der Waals surface area contributed by atoms with Crippen LogP contribution in [0.25, 0.3) is 11.0 Å². The Balaban J connectivity index is 2.72. The van der Waals surface area contributed by atoms with Crippen LogP contribution in [0.2, 0.25) is 0 Å².